The topological polar surface area (TPSA) is 34.2 Å². The number of hydrogen-bond donors (Lipinski definition) is 0. The zero-order chi connectivity index (χ0) is 32.3. The Morgan fingerprint density at radius 2 is 1.35 bits per heavy atom. The van der Waals surface area contributed by atoms with Crippen LogP contribution in [0.25, 0.3) is 65.9 Å². The maximum atomic E-state index is 6.33. The van der Waals surface area contributed by atoms with Crippen molar-refractivity contribution in [1.29, 1.82) is 0 Å². The molecule has 10 rings (SSSR count). The molecule has 232 valence electrons. The Morgan fingerprint density at radius 1 is 0.551 bits per heavy atom. The molecule has 3 heterocycles. The third-order valence-corrected chi connectivity index (χ3v) is 9.93. The van der Waals surface area contributed by atoms with Gasteiger partial charge in [-0.2, -0.15) is 0 Å². The van der Waals surface area contributed by atoms with Crippen LogP contribution in [-0.2, 0) is 0 Å². The molecule has 0 aliphatic heterocycles. The predicted molar refractivity (Wildman–Crippen MR) is 204 cm³/mol. The highest BCUT2D eigenvalue weighted by molar-refractivity contribution is 6.11. The van der Waals surface area contributed by atoms with E-state index in [1.165, 1.54) is 49.4 Å². The van der Waals surface area contributed by atoms with Crippen molar-refractivity contribution in [2.45, 2.75) is 12.8 Å². The number of pyridine rings is 1. The maximum absolute atomic E-state index is 6.33. The number of furan rings is 1. The third kappa shape index (κ3) is 4.56. The summed E-state index contributed by atoms with van der Waals surface area (Å²) in [6, 6.07) is 52.0. The lowest BCUT2D eigenvalue weighted by molar-refractivity contribution is 0.668. The Labute approximate surface area is 283 Å². The largest absolute Gasteiger partial charge is 0.454 e. The van der Waals surface area contributed by atoms with E-state index in [4.69, 9.17) is 4.42 Å². The van der Waals surface area contributed by atoms with Gasteiger partial charge in [0.25, 0.3) is 0 Å². The second-order valence-electron chi connectivity index (χ2n) is 12.8. The van der Waals surface area contributed by atoms with Gasteiger partial charge in [-0.1, -0.05) is 78.9 Å². The molecular weight excluding hydrogens is 599 g/mol. The normalized spacial score (nSPS) is 13.4. The molecule has 6 aromatic carbocycles. The molecule has 4 nitrogen and oxygen atoms in total. The first kappa shape index (κ1) is 27.7. The second-order valence-corrected chi connectivity index (χ2v) is 12.8. The van der Waals surface area contributed by atoms with Crippen LogP contribution in [0.15, 0.2) is 174 Å². The molecular formula is C45H31N3O. The fraction of sp³-hybridized carbons (Fsp3) is 0.0444. The predicted octanol–water partition coefficient (Wildman–Crippen LogP) is 12.1. The van der Waals surface area contributed by atoms with E-state index in [-0.39, 0.29) is 0 Å². The Hall–Kier alpha value is -6.39. The summed E-state index contributed by atoms with van der Waals surface area (Å²) in [5.74, 6) is 0. The van der Waals surface area contributed by atoms with Gasteiger partial charge in [-0.15, -0.1) is 0 Å². The van der Waals surface area contributed by atoms with Crippen LogP contribution in [0.2, 0.25) is 0 Å². The first-order valence-electron chi connectivity index (χ1n) is 16.8. The third-order valence-electron chi connectivity index (χ3n) is 9.93. The van der Waals surface area contributed by atoms with Gasteiger partial charge >= 0.3 is 0 Å². The highest BCUT2D eigenvalue weighted by Crippen LogP contribution is 2.42. The van der Waals surface area contributed by atoms with E-state index in [1.54, 1.807) is 0 Å². The van der Waals surface area contributed by atoms with Crippen LogP contribution >= 0.6 is 0 Å². The summed E-state index contributed by atoms with van der Waals surface area (Å²) in [7, 11) is 0. The Bertz CT molecular complexity index is 2780. The summed E-state index contributed by atoms with van der Waals surface area (Å²) in [6.07, 6.45) is 8.29. The van der Waals surface area contributed by atoms with Crippen LogP contribution < -0.4 is 4.90 Å². The van der Waals surface area contributed by atoms with Crippen LogP contribution in [-0.4, -0.2) is 9.55 Å². The minimum Gasteiger partial charge on any atom is -0.454 e. The number of nitrogens with zero attached hydrogens (tertiary/aromatic N) is 3. The smallest absolute Gasteiger partial charge is 0.153 e. The number of aromatic nitrogens is 2. The molecule has 0 atom stereocenters. The van der Waals surface area contributed by atoms with Gasteiger partial charge in [0.2, 0.25) is 0 Å². The lowest BCUT2D eigenvalue weighted by Gasteiger charge is -2.30. The first-order chi connectivity index (χ1) is 24.3. The average molecular weight is 630 g/mol. The Kier molecular flexibility index (Phi) is 6.28. The SMILES string of the molecule is C1=C(c2ccc3ccccc3c2)CCC(N(c2ccc3c(c2)oc2cccnc23)c2ccc3c(c2)c2ccccc2n3-c2ccccc2)=C1. The van der Waals surface area contributed by atoms with Crippen LogP contribution in [0.1, 0.15) is 18.4 Å². The number of allylic oxidation sites excluding steroid dienone is 4. The fourth-order valence-corrected chi connectivity index (χ4v) is 7.60. The van der Waals surface area contributed by atoms with Crippen molar-refractivity contribution in [3.63, 3.8) is 0 Å². The van der Waals surface area contributed by atoms with Gasteiger partial charge in [0.15, 0.2) is 5.58 Å². The van der Waals surface area contributed by atoms with Gasteiger partial charge in [0, 0.05) is 51.2 Å². The highest BCUT2D eigenvalue weighted by atomic mass is 16.3. The molecule has 0 unspecified atom stereocenters. The monoisotopic (exact) mass is 629 g/mol. The van der Waals surface area contributed by atoms with E-state index in [0.29, 0.717) is 0 Å². The summed E-state index contributed by atoms with van der Waals surface area (Å²) in [6.45, 7) is 0. The van der Waals surface area contributed by atoms with E-state index in [9.17, 15) is 0 Å². The van der Waals surface area contributed by atoms with Crippen molar-refractivity contribution in [3.05, 3.63) is 175 Å². The number of benzene rings is 6. The van der Waals surface area contributed by atoms with Crippen molar-refractivity contribution < 1.29 is 4.42 Å². The van der Waals surface area contributed by atoms with Crippen LogP contribution in [0.3, 0.4) is 0 Å². The number of fused-ring (bicyclic) bond motifs is 7. The van der Waals surface area contributed by atoms with Crippen molar-refractivity contribution in [1.82, 2.24) is 9.55 Å². The number of rotatable bonds is 5. The van der Waals surface area contributed by atoms with Crippen molar-refractivity contribution in [2.24, 2.45) is 0 Å². The highest BCUT2D eigenvalue weighted by Gasteiger charge is 2.22. The molecule has 3 aromatic heterocycles. The van der Waals surface area contributed by atoms with Gasteiger partial charge in [-0.25, -0.2) is 0 Å². The summed E-state index contributed by atoms with van der Waals surface area (Å²) in [5.41, 5.74) is 12.1. The van der Waals surface area contributed by atoms with Crippen LogP contribution in [0.5, 0.6) is 0 Å². The molecule has 0 saturated carbocycles. The molecule has 0 fully saturated rings. The molecule has 4 heteroatoms. The van der Waals surface area contributed by atoms with Crippen molar-refractivity contribution >= 4 is 71.6 Å². The van der Waals surface area contributed by atoms with E-state index >= 15 is 0 Å². The molecule has 1 aliphatic carbocycles. The van der Waals surface area contributed by atoms with Gasteiger partial charge < -0.3 is 13.9 Å². The number of para-hydroxylation sites is 2. The molecule has 0 spiro atoms. The molecule has 49 heavy (non-hydrogen) atoms. The maximum Gasteiger partial charge on any atom is 0.153 e. The van der Waals surface area contributed by atoms with Crippen molar-refractivity contribution in [3.8, 4) is 5.69 Å². The fourth-order valence-electron chi connectivity index (χ4n) is 7.60. The number of hydrogen-bond acceptors (Lipinski definition) is 3. The molecule has 0 radical (unpaired) electrons. The van der Waals surface area contributed by atoms with E-state index < -0.39 is 0 Å². The lowest BCUT2D eigenvalue weighted by Crippen LogP contribution is -2.18. The second kappa shape index (κ2) is 11.1. The zero-order valence-corrected chi connectivity index (χ0v) is 26.8. The first-order valence-corrected chi connectivity index (χ1v) is 16.8. The Morgan fingerprint density at radius 3 is 2.24 bits per heavy atom. The van der Waals surface area contributed by atoms with E-state index in [1.807, 2.05) is 18.3 Å². The van der Waals surface area contributed by atoms with Gasteiger partial charge in [0.1, 0.15) is 11.1 Å². The van der Waals surface area contributed by atoms with Gasteiger partial charge in [0.05, 0.1) is 11.0 Å². The van der Waals surface area contributed by atoms with Gasteiger partial charge in [-0.05, 0) is 108 Å². The minimum absolute atomic E-state index is 0.802. The molecule has 0 saturated heterocycles. The standard InChI is InChI=1S/C45H31N3O/c1-2-11-34(12-3-1)48-41-14-7-6-13-38(41)40-28-36(23-25-42(40)48)47(37-22-24-39-44(29-37)49-43-15-8-26-46-45(39)43)35-20-18-31(19-21-35)33-17-16-30-9-4-5-10-32(30)27-33/h1-18,20,22-29H,19,21H2. The Balaban J connectivity index is 1.15. The minimum atomic E-state index is 0.802. The van der Waals surface area contributed by atoms with Crippen LogP contribution in [0, 0.1) is 0 Å². The lowest BCUT2D eigenvalue weighted by atomic mass is 9.93. The molecule has 1 aliphatic rings. The summed E-state index contributed by atoms with van der Waals surface area (Å²) >= 11 is 0. The van der Waals surface area contributed by atoms with E-state index in [2.05, 4.69) is 160 Å². The quantitative estimate of drug-likeness (QED) is 0.190. The average Bonchev–Trinajstić information content (AvgIpc) is 3.70. The van der Waals surface area contributed by atoms with E-state index in [0.717, 1.165) is 52.0 Å². The molecule has 0 bridgehead atoms. The van der Waals surface area contributed by atoms with Crippen LogP contribution in [0.4, 0.5) is 11.4 Å². The number of anilines is 2. The van der Waals surface area contributed by atoms with Gasteiger partial charge in [-0.3, -0.25) is 4.98 Å². The molecule has 9 aromatic rings. The summed E-state index contributed by atoms with van der Waals surface area (Å²) < 4.78 is 8.70. The molecule has 0 amide bonds. The summed E-state index contributed by atoms with van der Waals surface area (Å²) in [5, 5.41) is 6.02. The summed E-state index contributed by atoms with van der Waals surface area (Å²) in [4.78, 5) is 7.01. The molecule has 0 N–H and O–H groups in total. The zero-order valence-electron chi connectivity index (χ0n) is 26.8. The van der Waals surface area contributed by atoms with Crippen molar-refractivity contribution in [2.75, 3.05) is 4.90 Å².